The molecule has 0 heterocycles. The quantitative estimate of drug-likeness (QED) is 0.863. The number of phenolic OH excluding ortho intramolecular Hbond substituents is 2. The predicted octanol–water partition coefficient (Wildman–Crippen LogP) is 4.23. The lowest BCUT2D eigenvalue weighted by Crippen LogP contribution is -2.22. The van der Waals surface area contributed by atoms with Crippen LogP contribution < -0.4 is 0 Å². The molecule has 0 aromatic heterocycles. The number of aromatic hydroxyl groups is 2. The van der Waals surface area contributed by atoms with Gasteiger partial charge in [0.15, 0.2) is 0 Å². The van der Waals surface area contributed by atoms with Crippen LogP contribution in [-0.2, 0) is 5.41 Å². The number of phenols is 2. The Bertz CT molecular complexity index is 697. The van der Waals surface area contributed by atoms with Gasteiger partial charge >= 0.3 is 0 Å². The molecule has 2 bridgehead atoms. The maximum absolute atomic E-state index is 9.54. The molecule has 0 spiro atoms. The van der Waals surface area contributed by atoms with E-state index in [1.165, 1.54) is 23.1 Å². The molecule has 2 aliphatic rings. The summed E-state index contributed by atoms with van der Waals surface area (Å²) < 4.78 is 0. The second-order valence-electron chi connectivity index (χ2n) is 6.26. The van der Waals surface area contributed by atoms with Crippen LogP contribution in [0.15, 0.2) is 54.6 Å². The Morgan fingerprint density at radius 2 is 1.48 bits per heavy atom. The number of rotatable bonds is 2. The molecule has 2 unspecified atom stereocenters. The maximum atomic E-state index is 9.54. The molecule has 0 aliphatic heterocycles. The van der Waals surface area contributed by atoms with Crippen molar-refractivity contribution >= 4 is 5.57 Å². The number of hydrogen-bond acceptors (Lipinski definition) is 2. The van der Waals surface area contributed by atoms with Crippen molar-refractivity contribution in [2.45, 2.75) is 24.7 Å². The number of fused-ring (bicyclic) bond motifs is 2. The Morgan fingerprint density at radius 1 is 0.857 bits per heavy atom. The van der Waals surface area contributed by atoms with Gasteiger partial charge in [-0.25, -0.2) is 0 Å². The molecule has 1 saturated carbocycles. The zero-order valence-corrected chi connectivity index (χ0v) is 11.8. The summed E-state index contributed by atoms with van der Waals surface area (Å²) in [5.74, 6) is 1.28. The summed E-state index contributed by atoms with van der Waals surface area (Å²) >= 11 is 0. The van der Waals surface area contributed by atoms with E-state index in [0.29, 0.717) is 17.4 Å². The highest BCUT2D eigenvalue weighted by Crippen LogP contribution is 2.58. The van der Waals surface area contributed by atoms with Crippen LogP contribution in [-0.4, -0.2) is 10.2 Å². The van der Waals surface area contributed by atoms with Crippen molar-refractivity contribution < 1.29 is 10.2 Å². The molecule has 2 aromatic carbocycles. The highest BCUT2D eigenvalue weighted by Gasteiger charge is 2.47. The molecule has 21 heavy (non-hydrogen) atoms. The Balaban J connectivity index is 1.81. The average Bonchev–Trinajstić information content (AvgIpc) is 3.08. The minimum atomic E-state index is 0.0787. The van der Waals surface area contributed by atoms with E-state index < -0.39 is 0 Å². The fourth-order valence-corrected chi connectivity index (χ4v) is 4.08. The fraction of sp³-hybridized carbons (Fsp3) is 0.263. The summed E-state index contributed by atoms with van der Waals surface area (Å²) in [7, 11) is 0. The normalized spacial score (nSPS) is 26.9. The highest BCUT2D eigenvalue weighted by molar-refractivity contribution is 5.79. The van der Waals surface area contributed by atoms with Crippen LogP contribution in [0.25, 0.3) is 5.57 Å². The van der Waals surface area contributed by atoms with Crippen molar-refractivity contribution in [3.63, 3.8) is 0 Å². The third kappa shape index (κ3) is 1.86. The minimum absolute atomic E-state index is 0.0787. The van der Waals surface area contributed by atoms with Gasteiger partial charge in [0.1, 0.15) is 11.5 Å². The molecule has 4 rings (SSSR count). The summed E-state index contributed by atoms with van der Waals surface area (Å²) in [6.07, 6.45) is 5.97. The predicted molar refractivity (Wildman–Crippen MR) is 83.2 cm³/mol. The summed E-state index contributed by atoms with van der Waals surface area (Å²) in [6.45, 7) is 0. The molecule has 0 radical (unpaired) electrons. The van der Waals surface area contributed by atoms with Crippen LogP contribution in [0.1, 0.15) is 30.4 Å². The van der Waals surface area contributed by atoms with Gasteiger partial charge in [0.05, 0.1) is 0 Å². The van der Waals surface area contributed by atoms with Crippen LogP contribution in [0.2, 0.25) is 0 Å². The molecule has 2 atom stereocenters. The smallest absolute Gasteiger partial charge is 0.115 e. The van der Waals surface area contributed by atoms with E-state index in [9.17, 15) is 10.2 Å². The summed E-state index contributed by atoms with van der Waals surface area (Å²) in [6, 6.07) is 15.2. The van der Waals surface area contributed by atoms with Crippen LogP contribution >= 0.6 is 0 Å². The maximum Gasteiger partial charge on any atom is 0.115 e. The van der Waals surface area contributed by atoms with E-state index in [1.807, 2.05) is 12.1 Å². The van der Waals surface area contributed by atoms with Crippen LogP contribution in [0, 0.1) is 5.92 Å². The second-order valence-corrected chi connectivity index (χ2v) is 6.26. The van der Waals surface area contributed by atoms with Crippen molar-refractivity contribution in [3.8, 4) is 11.5 Å². The van der Waals surface area contributed by atoms with Crippen molar-refractivity contribution in [2.24, 2.45) is 5.92 Å². The Kier molecular flexibility index (Phi) is 2.61. The number of hydrogen-bond donors (Lipinski definition) is 2. The average molecular weight is 278 g/mol. The van der Waals surface area contributed by atoms with Gasteiger partial charge in [0.25, 0.3) is 0 Å². The first-order chi connectivity index (χ1) is 10.2. The number of allylic oxidation sites excluding steroid dienone is 2. The van der Waals surface area contributed by atoms with Gasteiger partial charge in [0.2, 0.25) is 0 Å². The Labute approximate surface area is 124 Å². The van der Waals surface area contributed by atoms with Crippen molar-refractivity contribution in [2.75, 3.05) is 0 Å². The molecule has 2 aromatic rings. The SMILES string of the molecule is Oc1ccc(C2=CC3CCC2(c2ccc(O)cc2)C3)cc1. The molecular formula is C19H18O2. The lowest BCUT2D eigenvalue weighted by atomic mass is 9.72. The molecule has 2 N–H and O–H groups in total. The molecule has 0 amide bonds. The van der Waals surface area contributed by atoms with E-state index in [-0.39, 0.29) is 5.41 Å². The van der Waals surface area contributed by atoms with Gasteiger partial charge in [0, 0.05) is 5.41 Å². The van der Waals surface area contributed by atoms with E-state index >= 15 is 0 Å². The standard InChI is InChI=1S/C19H18O2/c20-16-5-1-14(2-6-16)18-11-13-9-10-19(18,12-13)15-3-7-17(21)8-4-15/h1-8,11,13,20-21H,9-10,12H2. The zero-order valence-electron chi connectivity index (χ0n) is 11.8. The molecule has 0 saturated heterocycles. The first-order valence-electron chi connectivity index (χ1n) is 7.49. The van der Waals surface area contributed by atoms with E-state index in [0.717, 1.165) is 12.8 Å². The first kappa shape index (κ1) is 12.5. The van der Waals surface area contributed by atoms with Crippen molar-refractivity contribution in [1.29, 1.82) is 0 Å². The minimum Gasteiger partial charge on any atom is -0.508 e. The molecule has 2 aliphatic carbocycles. The van der Waals surface area contributed by atoms with Crippen LogP contribution in [0.3, 0.4) is 0 Å². The molecule has 2 nitrogen and oxygen atoms in total. The van der Waals surface area contributed by atoms with E-state index in [2.05, 4.69) is 18.2 Å². The van der Waals surface area contributed by atoms with Crippen molar-refractivity contribution in [1.82, 2.24) is 0 Å². The van der Waals surface area contributed by atoms with Gasteiger partial charge in [-0.05, 0) is 66.1 Å². The monoisotopic (exact) mass is 278 g/mol. The zero-order chi connectivity index (χ0) is 14.4. The molecule has 2 heteroatoms. The summed E-state index contributed by atoms with van der Waals surface area (Å²) in [5.41, 5.74) is 3.95. The lowest BCUT2D eigenvalue weighted by molar-refractivity contribution is 0.473. The lowest BCUT2D eigenvalue weighted by Gasteiger charge is -2.31. The van der Waals surface area contributed by atoms with E-state index in [1.54, 1.807) is 24.3 Å². The Hall–Kier alpha value is -2.22. The summed E-state index contributed by atoms with van der Waals surface area (Å²) in [4.78, 5) is 0. The first-order valence-corrected chi connectivity index (χ1v) is 7.49. The topological polar surface area (TPSA) is 40.5 Å². The van der Waals surface area contributed by atoms with Gasteiger partial charge in [-0.2, -0.15) is 0 Å². The fourth-order valence-electron chi connectivity index (χ4n) is 4.08. The van der Waals surface area contributed by atoms with Gasteiger partial charge in [-0.3, -0.25) is 0 Å². The molecular weight excluding hydrogens is 260 g/mol. The summed E-state index contributed by atoms with van der Waals surface area (Å²) in [5, 5.41) is 19.0. The van der Waals surface area contributed by atoms with Crippen molar-refractivity contribution in [3.05, 3.63) is 65.7 Å². The molecule has 106 valence electrons. The highest BCUT2D eigenvalue weighted by atomic mass is 16.3. The Morgan fingerprint density at radius 3 is 2.10 bits per heavy atom. The van der Waals surface area contributed by atoms with Crippen LogP contribution in [0.4, 0.5) is 0 Å². The van der Waals surface area contributed by atoms with Gasteiger partial charge < -0.3 is 10.2 Å². The largest absolute Gasteiger partial charge is 0.508 e. The van der Waals surface area contributed by atoms with Gasteiger partial charge in [-0.15, -0.1) is 0 Å². The number of benzene rings is 2. The third-order valence-electron chi connectivity index (χ3n) is 5.07. The van der Waals surface area contributed by atoms with Crippen LogP contribution in [0.5, 0.6) is 11.5 Å². The second kappa shape index (κ2) is 4.39. The van der Waals surface area contributed by atoms with Gasteiger partial charge in [-0.1, -0.05) is 30.3 Å². The third-order valence-corrected chi connectivity index (χ3v) is 5.07. The molecule has 1 fully saturated rings. The van der Waals surface area contributed by atoms with E-state index in [4.69, 9.17) is 0 Å².